The van der Waals surface area contributed by atoms with Gasteiger partial charge in [-0.25, -0.2) is 0 Å². The van der Waals surface area contributed by atoms with Gasteiger partial charge in [0.1, 0.15) is 5.37 Å². The fourth-order valence-electron chi connectivity index (χ4n) is 3.40. The van der Waals surface area contributed by atoms with Gasteiger partial charge >= 0.3 is 0 Å². The molecule has 26 heavy (non-hydrogen) atoms. The molecule has 0 bridgehead atoms. The van der Waals surface area contributed by atoms with Crippen molar-refractivity contribution in [3.63, 3.8) is 0 Å². The van der Waals surface area contributed by atoms with E-state index in [4.69, 9.17) is 0 Å². The number of aryl methyl sites for hydroxylation is 2. The van der Waals surface area contributed by atoms with Gasteiger partial charge in [0.25, 0.3) is 0 Å². The Hall–Kier alpha value is -2.27. The van der Waals surface area contributed by atoms with Crippen molar-refractivity contribution in [1.82, 2.24) is 0 Å². The molecule has 2 fully saturated rings. The fourth-order valence-corrected chi connectivity index (χ4v) is 4.57. The molecule has 2 aliphatic rings. The number of anilines is 2. The smallest absolute Gasteiger partial charge is 0.238 e. The van der Waals surface area contributed by atoms with E-state index in [1.165, 1.54) is 0 Å². The van der Waals surface area contributed by atoms with E-state index in [9.17, 15) is 9.59 Å². The highest BCUT2D eigenvalue weighted by Crippen LogP contribution is 2.42. The van der Waals surface area contributed by atoms with Crippen LogP contribution < -0.4 is 10.2 Å². The van der Waals surface area contributed by atoms with Crippen molar-refractivity contribution in [1.29, 1.82) is 0 Å². The summed E-state index contributed by atoms with van der Waals surface area (Å²) >= 11 is 1.63. The third kappa shape index (κ3) is 3.49. The first kappa shape index (κ1) is 17.2. The lowest BCUT2D eigenvalue weighted by atomic mass is 10.1. The summed E-state index contributed by atoms with van der Waals surface area (Å²) in [6.45, 7) is 4.10. The second kappa shape index (κ2) is 6.80. The number of nitrogens with zero attached hydrogens (tertiary/aromatic N) is 1. The van der Waals surface area contributed by atoms with E-state index in [1.807, 2.05) is 43.0 Å². The first-order chi connectivity index (χ1) is 12.5. The van der Waals surface area contributed by atoms with E-state index in [0.29, 0.717) is 5.75 Å². The van der Waals surface area contributed by atoms with Gasteiger partial charge in [-0.1, -0.05) is 18.2 Å². The molecule has 5 heteroatoms. The van der Waals surface area contributed by atoms with Gasteiger partial charge in [0.15, 0.2) is 0 Å². The summed E-state index contributed by atoms with van der Waals surface area (Å²) in [5, 5.41) is 2.93. The zero-order chi connectivity index (χ0) is 18.3. The highest BCUT2D eigenvalue weighted by atomic mass is 32.2. The van der Waals surface area contributed by atoms with E-state index in [2.05, 4.69) is 23.5 Å². The minimum Gasteiger partial charge on any atom is -0.326 e. The standard InChI is InChI=1S/C21H22N2O2S/c1-13-8-14(2)10-18(9-13)23-19(24)12-26-21(23)16-4-3-5-17(11-16)22-20(25)15-6-7-15/h3-5,8-11,15,21H,6-7,12H2,1-2H3,(H,22,25)/t21-/m0/s1. The Labute approximate surface area is 158 Å². The summed E-state index contributed by atoms with van der Waals surface area (Å²) in [4.78, 5) is 26.5. The quantitative estimate of drug-likeness (QED) is 0.871. The van der Waals surface area contributed by atoms with Crippen LogP contribution in [0.5, 0.6) is 0 Å². The molecule has 1 saturated carbocycles. The molecule has 1 atom stereocenters. The number of benzene rings is 2. The van der Waals surface area contributed by atoms with Crippen molar-refractivity contribution in [2.45, 2.75) is 32.1 Å². The van der Waals surface area contributed by atoms with Gasteiger partial charge in [-0.2, -0.15) is 0 Å². The fraction of sp³-hybridized carbons (Fsp3) is 0.333. The Morgan fingerprint density at radius 2 is 1.85 bits per heavy atom. The lowest BCUT2D eigenvalue weighted by Gasteiger charge is -2.25. The molecule has 4 rings (SSSR count). The second-order valence-corrected chi connectivity index (χ2v) is 8.23. The molecule has 2 amide bonds. The van der Waals surface area contributed by atoms with Crippen LogP contribution in [-0.2, 0) is 9.59 Å². The highest BCUT2D eigenvalue weighted by molar-refractivity contribution is 8.00. The van der Waals surface area contributed by atoms with Crippen LogP contribution in [0.1, 0.15) is 34.9 Å². The Bertz CT molecular complexity index is 856. The molecule has 1 saturated heterocycles. The first-order valence-electron chi connectivity index (χ1n) is 8.94. The number of hydrogen-bond acceptors (Lipinski definition) is 3. The Morgan fingerprint density at radius 3 is 2.54 bits per heavy atom. The molecular formula is C21H22N2O2S. The number of amides is 2. The summed E-state index contributed by atoms with van der Waals surface area (Å²) in [5.74, 6) is 0.866. The molecule has 134 valence electrons. The zero-order valence-corrected chi connectivity index (χ0v) is 15.8. The van der Waals surface area contributed by atoms with E-state index >= 15 is 0 Å². The maximum Gasteiger partial charge on any atom is 0.238 e. The summed E-state index contributed by atoms with van der Waals surface area (Å²) in [6.07, 6.45) is 1.97. The molecule has 0 unspecified atom stereocenters. The molecule has 2 aromatic carbocycles. The van der Waals surface area contributed by atoms with E-state index in [1.54, 1.807) is 11.8 Å². The monoisotopic (exact) mass is 366 g/mol. The topological polar surface area (TPSA) is 49.4 Å². The Morgan fingerprint density at radius 1 is 1.12 bits per heavy atom. The molecule has 1 aliphatic carbocycles. The Balaban J connectivity index is 1.63. The Kier molecular flexibility index (Phi) is 4.49. The highest BCUT2D eigenvalue weighted by Gasteiger charge is 2.34. The maximum absolute atomic E-state index is 12.6. The van der Waals surface area contributed by atoms with Gasteiger partial charge in [-0.05, 0) is 67.6 Å². The number of nitrogens with one attached hydrogen (secondary N) is 1. The van der Waals surface area contributed by atoms with Gasteiger partial charge < -0.3 is 5.32 Å². The number of thioether (sulfide) groups is 1. The number of hydrogen-bond donors (Lipinski definition) is 1. The third-order valence-electron chi connectivity index (χ3n) is 4.74. The normalized spacial score (nSPS) is 19.7. The van der Waals surface area contributed by atoms with Crippen molar-refractivity contribution in [3.05, 3.63) is 59.2 Å². The molecule has 1 heterocycles. The van der Waals surface area contributed by atoms with Crippen LogP contribution in [0.3, 0.4) is 0 Å². The molecule has 1 N–H and O–H groups in total. The van der Waals surface area contributed by atoms with Gasteiger partial charge in [-0.3, -0.25) is 14.5 Å². The molecule has 2 aromatic rings. The van der Waals surface area contributed by atoms with Gasteiger partial charge in [0.05, 0.1) is 5.75 Å². The van der Waals surface area contributed by atoms with Crippen LogP contribution in [0.4, 0.5) is 11.4 Å². The van der Waals surface area contributed by atoms with Crippen molar-refractivity contribution < 1.29 is 9.59 Å². The molecule has 0 aromatic heterocycles. The van der Waals surface area contributed by atoms with Crippen LogP contribution in [0.2, 0.25) is 0 Å². The van der Waals surface area contributed by atoms with Crippen LogP contribution in [-0.4, -0.2) is 17.6 Å². The van der Waals surface area contributed by atoms with Crippen molar-refractivity contribution in [3.8, 4) is 0 Å². The zero-order valence-electron chi connectivity index (χ0n) is 15.0. The molecule has 4 nitrogen and oxygen atoms in total. The summed E-state index contributed by atoms with van der Waals surface area (Å²) < 4.78 is 0. The van der Waals surface area contributed by atoms with Crippen LogP contribution in [0.15, 0.2) is 42.5 Å². The largest absolute Gasteiger partial charge is 0.326 e. The number of rotatable bonds is 4. The molecule has 0 spiro atoms. The number of carbonyl (C=O) groups excluding carboxylic acids is 2. The van der Waals surface area contributed by atoms with E-state index in [-0.39, 0.29) is 23.1 Å². The first-order valence-corrected chi connectivity index (χ1v) is 9.99. The molecule has 1 aliphatic heterocycles. The summed E-state index contributed by atoms with van der Waals surface area (Å²) in [5.41, 5.74) is 5.08. The van der Waals surface area contributed by atoms with Crippen molar-refractivity contribution >= 4 is 35.0 Å². The van der Waals surface area contributed by atoms with E-state index in [0.717, 1.165) is 40.9 Å². The maximum atomic E-state index is 12.6. The average molecular weight is 366 g/mol. The predicted octanol–water partition coefficient (Wildman–Crippen LogP) is 4.43. The lowest BCUT2D eigenvalue weighted by molar-refractivity contribution is -0.117. The second-order valence-electron chi connectivity index (χ2n) is 7.16. The molecular weight excluding hydrogens is 344 g/mol. The third-order valence-corrected chi connectivity index (χ3v) is 5.95. The minimum atomic E-state index is -0.0681. The van der Waals surface area contributed by atoms with Crippen LogP contribution in [0, 0.1) is 19.8 Å². The van der Waals surface area contributed by atoms with Crippen LogP contribution in [0.25, 0.3) is 0 Å². The van der Waals surface area contributed by atoms with E-state index < -0.39 is 0 Å². The predicted molar refractivity (Wildman–Crippen MR) is 106 cm³/mol. The van der Waals surface area contributed by atoms with Crippen molar-refractivity contribution in [2.24, 2.45) is 5.92 Å². The molecule has 0 radical (unpaired) electrons. The summed E-state index contributed by atoms with van der Waals surface area (Å²) in [7, 11) is 0. The van der Waals surface area contributed by atoms with Crippen LogP contribution >= 0.6 is 11.8 Å². The van der Waals surface area contributed by atoms with Gasteiger partial charge in [0, 0.05) is 17.3 Å². The average Bonchev–Trinajstić information content (AvgIpc) is 3.37. The summed E-state index contributed by atoms with van der Waals surface area (Å²) in [6, 6.07) is 14.1. The minimum absolute atomic E-state index is 0.0681. The SMILES string of the molecule is Cc1cc(C)cc(N2C(=O)CS[C@H]2c2cccc(NC(=O)C3CC3)c2)c1. The lowest BCUT2D eigenvalue weighted by Crippen LogP contribution is -2.28. The number of carbonyl (C=O) groups is 2. The van der Waals surface area contributed by atoms with Gasteiger partial charge in [-0.15, -0.1) is 11.8 Å². The van der Waals surface area contributed by atoms with Crippen molar-refractivity contribution in [2.75, 3.05) is 16.0 Å². The van der Waals surface area contributed by atoms with Gasteiger partial charge in [0.2, 0.25) is 11.8 Å².